The molecule has 0 spiro atoms. The van der Waals surface area contributed by atoms with Crippen molar-refractivity contribution < 1.29 is 14.3 Å². The zero-order chi connectivity index (χ0) is 14.6. The molecule has 0 fully saturated rings. The summed E-state index contributed by atoms with van der Waals surface area (Å²) in [7, 11) is 1.26. The van der Waals surface area contributed by atoms with E-state index in [9.17, 15) is 9.59 Å². The number of nitrogens with two attached hydrogens (primary N) is 1. The Morgan fingerprint density at radius 3 is 2.63 bits per heavy atom. The van der Waals surface area contributed by atoms with Crippen molar-refractivity contribution in [1.82, 2.24) is 14.9 Å². The summed E-state index contributed by atoms with van der Waals surface area (Å²) in [6.45, 7) is 6.08. The molecule has 0 unspecified atom stereocenters. The zero-order valence-electron chi connectivity index (χ0n) is 11.7. The topological polar surface area (TPSA) is 99.2 Å². The van der Waals surface area contributed by atoms with Crippen molar-refractivity contribution in [2.45, 2.75) is 39.3 Å². The maximum absolute atomic E-state index is 11.7. The van der Waals surface area contributed by atoms with E-state index in [1.54, 1.807) is 4.57 Å². The highest BCUT2D eigenvalue weighted by molar-refractivity contribution is 5.92. The number of carbonyl (C=O) groups excluding carboxylic acids is 2. The summed E-state index contributed by atoms with van der Waals surface area (Å²) in [5.41, 5.74) is 5.56. The van der Waals surface area contributed by atoms with Crippen molar-refractivity contribution in [3.05, 3.63) is 12.0 Å². The molecule has 19 heavy (non-hydrogen) atoms. The molecule has 0 aliphatic rings. The van der Waals surface area contributed by atoms with Crippen LogP contribution in [0.25, 0.3) is 0 Å². The van der Waals surface area contributed by atoms with Gasteiger partial charge in [0.2, 0.25) is 5.91 Å². The highest BCUT2D eigenvalue weighted by atomic mass is 16.5. The first kappa shape index (κ1) is 15.0. The van der Waals surface area contributed by atoms with Gasteiger partial charge in [-0.05, 0) is 20.8 Å². The number of hydrogen-bond donors (Lipinski definition) is 2. The quantitative estimate of drug-likeness (QED) is 0.777. The van der Waals surface area contributed by atoms with Crippen LogP contribution in [0.2, 0.25) is 0 Å². The molecule has 0 saturated heterocycles. The Hall–Kier alpha value is -2.05. The number of hydrogen-bond acceptors (Lipinski definition) is 5. The number of methoxy groups -OCH3 is 1. The number of aromatic nitrogens is 2. The number of imidazole rings is 1. The first-order chi connectivity index (χ1) is 8.74. The number of aryl methyl sites for hydroxylation is 1. The molecule has 0 aliphatic heterocycles. The van der Waals surface area contributed by atoms with Crippen LogP contribution in [0.1, 0.15) is 37.7 Å². The van der Waals surface area contributed by atoms with Crippen molar-refractivity contribution >= 4 is 17.7 Å². The van der Waals surface area contributed by atoms with Gasteiger partial charge in [0.1, 0.15) is 5.82 Å². The number of amides is 1. The molecule has 7 nitrogen and oxygen atoms in total. The zero-order valence-corrected chi connectivity index (χ0v) is 11.7. The van der Waals surface area contributed by atoms with Gasteiger partial charge in [-0.2, -0.15) is 0 Å². The SMILES string of the molecule is COC(=O)c1ncn(CCC(=O)NC(C)(C)C)c1N. The third-order valence-electron chi connectivity index (χ3n) is 2.35. The Kier molecular flexibility index (Phi) is 4.52. The molecular formula is C12H20N4O3. The van der Waals surface area contributed by atoms with Crippen LogP contribution in [0.4, 0.5) is 5.82 Å². The number of nitrogens with one attached hydrogen (secondary N) is 1. The molecule has 1 amide bonds. The molecule has 0 bridgehead atoms. The summed E-state index contributed by atoms with van der Waals surface area (Å²) < 4.78 is 6.10. The molecule has 1 aromatic rings. The Bertz CT molecular complexity index is 474. The number of esters is 1. The molecule has 0 radical (unpaired) electrons. The van der Waals surface area contributed by atoms with Gasteiger partial charge in [0.25, 0.3) is 0 Å². The van der Waals surface area contributed by atoms with E-state index >= 15 is 0 Å². The fraction of sp³-hybridized carbons (Fsp3) is 0.583. The first-order valence-electron chi connectivity index (χ1n) is 5.94. The average Bonchev–Trinajstić information content (AvgIpc) is 2.65. The van der Waals surface area contributed by atoms with E-state index in [2.05, 4.69) is 15.0 Å². The Balaban J connectivity index is 2.62. The fourth-order valence-corrected chi connectivity index (χ4v) is 1.53. The van der Waals surface area contributed by atoms with Crippen LogP contribution < -0.4 is 11.1 Å². The summed E-state index contributed by atoms with van der Waals surface area (Å²) in [6.07, 6.45) is 1.68. The molecule has 0 saturated carbocycles. The summed E-state index contributed by atoms with van der Waals surface area (Å²) in [5.74, 6) is -0.467. The number of anilines is 1. The number of carbonyl (C=O) groups is 2. The molecule has 1 aromatic heterocycles. The van der Waals surface area contributed by atoms with E-state index < -0.39 is 5.97 Å². The molecule has 1 rings (SSSR count). The van der Waals surface area contributed by atoms with E-state index in [4.69, 9.17) is 5.73 Å². The minimum atomic E-state index is -0.588. The van der Waals surface area contributed by atoms with E-state index in [0.717, 1.165) is 0 Å². The summed E-state index contributed by atoms with van der Waals surface area (Å²) in [4.78, 5) is 26.8. The maximum atomic E-state index is 11.7. The lowest BCUT2D eigenvalue weighted by molar-refractivity contribution is -0.122. The second-order valence-corrected chi connectivity index (χ2v) is 5.21. The molecule has 7 heteroatoms. The van der Waals surface area contributed by atoms with Crippen molar-refractivity contribution in [2.75, 3.05) is 12.8 Å². The molecule has 1 heterocycles. The van der Waals surface area contributed by atoms with Gasteiger partial charge in [0.05, 0.1) is 13.4 Å². The Morgan fingerprint density at radius 2 is 2.11 bits per heavy atom. The molecular weight excluding hydrogens is 248 g/mol. The maximum Gasteiger partial charge on any atom is 0.360 e. The van der Waals surface area contributed by atoms with E-state index in [-0.39, 0.29) is 29.4 Å². The van der Waals surface area contributed by atoms with Crippen LogP contribution in [0.3, 0.4) is 0 Å². The Labute approximate surface area is 112 Å². The largest absolute Gasteiger partial charge is 0.464 e. The molecule has 0 aromatic carbocycles. The van der Waals surface area contributed by atoms with Gasteiger partial charge in [-0.1, -0.05) is 0 Å². The normalized spacial score (nSPS) is 11.2. The van der Waals surface area contributed by atoms with Gasteiger partial charge in [-0.3, -0.25) is 4.79 Å². The molecule has 3 N–H and O–H groups in total. The highest BCUT2D eigenvalue weighted by Crippen LogP contribution is 2.11. The van der Waals surface area contributed by atoms with Gasteiger partial charge in [-0.15, -0.1) is 0 Å². The van der Waals surface area contributed by atoms with Gasteiger partial charge in [0.15, 0.2) is 5.69 Å². The standard InChI is InChI=1S/C12H20N4O3/c1-12(2,3)15-8(17)5-6-16-7-14-9(10(16)13)11(18)19-4/h7H,5-6,13H2,1-4H3,(H,15,17). The molecule has 0 atom stereocenters. The van der Waals surface area contributed by atoms with Crippen LogP contribution >= 0.6 is 0 Å². The predicted molar refractivity (Wildman–Crippen MR) is 70.5 cm³/mol. The van der Waals surface area contributed by atoms with E-state index in [1.165, 1.54) is 13.4 Å². The second-order valence-electron chi connectivity index (χ2n) is 5.21. The first-order valence-corrected chi connectivity index (χ1v) is 5.94. The van der Waals surface area contributed by atoms with Gasteiger partial charge in [-0.25, -0.2) is 9.78 Å². The van der Waals surface area contributed by atoms with Crippen molar-refractivity contribution in [2.24, 2.45) is 0 Å². The smallest absolute Gasteiger partial charge is 0.360 e. The van der Waals surface area contributed by atoms with Crippen LogP contribution in [0.15, 0.2) is 6.33 Å². The van der Waals surface area contributed by atoms with E-state index in [1.807, 2.05) is 20.8 Å². The summed E-state index contributed by atoms with van der Waals surface area (Å²) >= 11 is 0. The van der Waals surface area contributed by atoms with Crippen LogP contribution in [-0.2, 0) is 16.1 Å². The van der Waals surface area contributed by atoms with Crippen LogP contribution in [-0.4, -0.2) is 34.1 Å². The van der Waals surface area contributed by atoms with Crippen molar-refractivity contribution in [3.8, 4) is 0 Å². The summed E-state index contributed by atoms with van der Waals surface area (Å²) in [5, 5.41) is 2.84. The lowest BCUT2D eigenvalue weighted by atomic mass is 10.1. The van der Waals surface area contributed by atoms with Gasteiger partial charge >= 0.3 is 5.97 Å². The van der Waals surface area contributed by atoms with Crippen LogP contribution in [0, 0.1) is 0 Å². The minimum Gasteiger partial charge on any atom is -0.464 e. The van der Waals surface area contributed by atoms with Crippen molar-refractivity contribution in [1.29, 1.82) is 0 Å². The van der Waals surface area contributed by atoms with E-state index in [0.29, 0.717) is 6.54 Å². The summed E-state index contributed by atoms with van der Waals surface area (Å²) in [6, 6.07) is 0. The fourth-order valence-electron chi connectivity index (χ4n) is 1.53. The number of nitrogens with zero attached hydrogens (tertiary/aromatic N) is 2. The molecule has 106 valence electrons. The molecule has 0 aliphatic carbocycles. The third-order valence-corrected chi connectivity index (χ3v) is 2.35. The minimum absolute atomic E-state index is 0.0683. The second kappa shape index (κ2) is 5.73. The number of rotatable bonds is 4. The van der Waals surface area contributed by atoms with Crippen LogP contribution in [0.5, 0.6) is 0 Å². The lowest BCUT2D eigenvalue weighted by Crippen LogP contribution is -2.40. The lowest BCUT2D eigenvalue weighted by Gasteiger charge is -2.20. The van der Waals surface area contributed by atoms with Crippen molar-refractivity contribution in [3.63, 3.8) is 0 Å². The predicted octanol–water partition coefficient (Wildman–Crippen LogP) is 0.557. The Morgan fingerprint density at radius 1 is 1.47 bits per heavy atom. The van der Waals surface area contributed by atoms with Gasteiger partial charge < -0.3 is 20.4 Å². The third kappa shape index (κ3) is 4.27. The monoisotopic (exact) mass is 268 g/mol. The number of nitrogen functional groups attached to an aromatic ring is 1. The number of ether oxygens (including phenoxy) is 1. The average molecular weight is 268 g/mol. The highest BCUT2D eigenvalue weighted by Gasteiger charge is 2.17. The van der Waals surface area contributed by atoms with Gasteiger partial charge in [0, 0.05) is 18.5 Å².